The van der Waals surface area contributed by atoms with Gasteiger partial charge in [-0.15, -0.1) is 10.2 Å². The molecule has 0 aliphatic carbocycles. The molecule has 2 aromatic carbocycles. The Morgan fingerprint density at radius 3 is 2.28 bits per heavy atom. The van der Waals surface area contributed by atoms with Crippen LogP contribution in [0.4, 0.5) is 10.8 Å². The van der Waals surface area contributed by atoms with Crippen LogP contribution in [0.5, 0.6) is 5.75 Å². The zero-order chi connectivity index (χ0) is 21.0. The normalized spacial score (nSPS) is 12.7. The zero-order valence-electron chi connectivity index (χ0n) is 16.1. The van der Waals surface area contributed by atoms with Gasteiger partial charge < -0.3 is 10.1 Å². The van der Waals surface area contributed by atoms with E-state index in [1.807, 2.05) is 38.1 Å². The lowest BCUT2D eigenvalue weighted by Crippen LogP contribution is -2.31. The van der Waals surface area contributed by atoms with Crippen LogP contribution in [0.1, 0.15) is 24.9 Å². The number of hydrogen-bond acceptors (Lipinski definition) is 7. The van der Waals surface area contributed by atoms with Gasteiger partial charge in [-0.25, -0.2) is 13.1 Å². The van der Waals surface area contributed by atoms with Crippen molar-refractivity contribution in [3.8, 4) is 5.75 Å². The van der Waals surface area contributed by atoms with Crippen molar-refractivity contribution >= 4 is 48.1 Å². The molecule has 1 aromatic heterocycles. The van der Waals surface area contributed by atoms with Gasteiger partial charge in [0.2, 0.25) is 15.2 Å². The predicted molar refractivity (Wildman–Crippen MR) is 118 cm³/mol. The highest BCUT2D eigenvalue weighted by Gasteiger charge is 2.27. The second kappa shape index (κ2) is 9.21. The van der Waals surface area contributed by atoms with Crippen LogP contribution in [0.15, 0.2) is 57.9 Å². The largest absolute Gasteiger partial charge is 0.497 e. The molecular formula is C19H21BrN4O3S2. The van der Waals surface area contributed by atoms with Gasteiger partial charge in [0, 0.05) is 10.2 Å². The van der Waals surface area contributed by atoms with E-state index in [1.165, 1.54) is 30.6 Å². The van der Waals surface area contributed by atoms with Gasteiger partial charge in [-0.05, 0) is 54.4 Å². The molecule has 0 amide bonds. The maximum absolute atomic E-state index is 12.8. The van der Waals surface area contributed by atoms with Gasteiger partial charge in [0.25, 0.3) is 0 Å². The Kier molecular flexibility index (Phi) is 6.89. The summed E-state index contributed by atoms with van der Waals surface area (Å²) < 4.78 is 34.5. The average molecular weight is 497 g/mol. The Hall–Kier alpha value is -2.01. The van der Waals surface area contributed by atoms with Crippen molar-refractivity contribution in [1.29, 1.82) is 0 Å². The summed E-state index contributed by atoms with van der Waals surface area (Å²) in [6.07, 6.45) is 0. The molecule has 2 N–H and O–H groups in total. The summed E-state index contributed by atoms with van der Waals surface area (Å²) in [5, 5.41) is 12.7. The van der Waals surface area contributed by atoms with Crippen LogP contribution in [0, 0.1) is 5.92 Å². The zero-order valence-corrected chi connectivity index (χ0v) is 19.3. The number of methoxy groups -OCH3 is 1. The highest BCUT2D eigenvalue weighted by Crippen LogP contribution is 2.30. The predicted octanol–water partition coefficient (Wildman–Crippen LogP) is 4.73. The third-order valence-corrected chi connectivity index (χ3v) is 7.03. The van der Waals surface area contributed by atoms with Crippen LogP contribution in [-0.2, 0) is 10.0 Å². The number of aromatic nitrogens is 2. The van der Waals surface area contributed by atoms with E-state index in [2.05, 4.69) is 36.2 Å². The molecule has 3 aromatic rings. The summed E-state index contributed by atoms with van der Waals surface area (Å²) in [6, 6.07) is 13.4. The van der Waals surface area contributed by atoms with E-state index in [-0.39, 0.29) is 10.8 Å². The van der Waals surface area contributed by atoms with Crippen molar-refractivity contribution in [1.82, 2.24) is 14.9 Å². The first kappa shape index (κ1) is 21.7. The molecule has 7 nitrogen and oxygen atoms in total. The second-order valence-electron chi connectivity index (χ2n) is 6.60. The number of nitrogens with zero attached hydrogens (tertiary/aromatic N) is 2. The minimum Gasteiger partial charge on any atom is -0.497 e. The summed E-state index contributed by atoms with van der Waals surface area (Å²) in [5.74, 6) is 0.577. The molecule has 0 spiro atoms. The number of anilines is 2. The van der Waals surface area contributed by atoms with E-state index in [0.717, 1.165) is 10.2 Å². The number of rotatable bonds is 8. The van der Waals surface area contributed by atoms with E-state index in [1.54, 1.807) is 12.1 Å². The Morgan fingerprint density at radius 1 is 1.03 bits per heavy atom. The molecule has 0 bridgehead atoms. The number of sulfonamides is 1. The van der Waals surface area contributed by atoms with Crippen LogP contribution in [-0.4, -0.2) is 25.7 Å². The molecule has 0 fully saturated rings. The monoisotopic (exact) mass is 496 g/mol. The molecular weight excluding hydrogens is 476 g/mol. The minimum atomic E-state index is -3.72. The van der Waals surface area contributed by atoms with Gasteiger partial charge in [0.1, 0.15) is 10.8 Å². The second-order valence-corrected chi connectivity index (χ2v) is 10.2. The maximum atomic E-state index is 12.8. The Bertz CT molecular complexity index is 1050. The SMILES string of the molecule is COc1ccc(S(=O)(=O)NC(c2nnc(Nc3ccc(Br)cc3)s2)C(C)C)cc1. The first-order valence-electron chi connectivity index (χ1n) is 8.81. The van der Waals surface area contributed by atoms with E-state index >= 15 is 0 Å². The average Bonchev–Trinajstić information content (AvgIpc) is 3.16. The lowest BCUT2D eigenvalue weighted by atomic mass is 10.1. The van der Waals surface area contributed by atoms with E-state index in [4.69, 9.17) is 4.74 Å². The van der Waals surface area contributed by atoms with E-state index in [9.17, 15) is 8.42 Å². The molecule has 3 rings (SSSR count). The lowest BCUT2D eigenvalue weighted by molar-refractivity contribution is 0.414. The summed E-state index contributed by atoms with van der Waals surface area (Å²) in [4.78, 5) is 0.168. The Labute approximate surface area is 182 Å². The fourth-order valence-corrected chi connectivity index (χ4v) is 5.21. The molecule has 0 aliphatic heterocycles. The molecule has 1 atom stereocenters. The summed E-state index contributed by atoms with van der Waals surface area (Å²) in [6.45, 7) is 3.87. The molecule has 10 heteroatoms. The number of nitrogens with one attached hydrogen (secondary N) is 2. The number of ether oxygens (including phenoxy) is 1. The summed E-state index contributed by atoms with van der Waals surface area (Å²) in [7, 11) is -2.19. The first-order valence-corrected chi connectivity index (χ1v) is 11.9. The quantitative estimate of drug-likeness (QED) is 0.468. The minimum absolute atomic E-state index is 0.0171. The molecule has 0 saturated heterocycles. The van der Waals surface area contributed by atoms with Crippen molar-refractivity contribution in [3.05, 3.63) is 58.0 Å². The van der Waals surface area contributed by atoms with Gasteiger partial charge in [-0.1, -0.05) is 41.1 Å². The van der Waals surface area contributed by atoms with Gasteiger partial charge in [-0.3, -0.25) is 0 Å². The maximum Gasteiger partial charge on any atom is 0.241 e. The molecule has 0 radical (unpaired) electrons. The highest BCUT2D eigenvalue weighted by molar-refractivity contribution is 9.10. The van der Waals surface area contributed by atoms with Gasteiger partial charge in [0.05, 0.1) is 18.0 Å². The van der Waals surface area contributed by atoms with Gasteiger partial charge in [0.15, 0.2) is 0 Å². The molecule has 0 aliphatic rings. The highest BCUT2D eigenvalue weighted by atomic mass is 79.9. The fourth-order valence-electron chi connectivity index (χ4n) is 2.53. The summed E-state index contributed by atoms with van der Waals surface area (Å²) in [5.41, 5.74) is 0.871. The Morgan fingerprint density at radius 2 is 1.69 bits per heavy atom. The molecule has 1 heterocycles. The smallest absolute Gasteiger partial charge is 0.241 e. The fraction of sp³-hybridized carbons (Fsp3) is 0.263. The van der Waals surface area contributed by atoms with Crippen molar-refractivity contribution in [2.75, 3.05) is 12.4 Å². The van der Waals surface area contributed by atoms with E-state index < -0.39 is 16.1 Å². The summed E-state index contributed by atoms with van der Waals surface area (Å²) >= 11 is 4.72. The van der Waals surface area contributed by atoms with E-state index in [0.29, 0.717) is 15.9 Å². The number of halogens is 1. The van der Waals surface area contributed by atoms with Crippen LogP contribution < -0.4 is 14.8 Å². The van der Waals surface area contributed by atoms with Crippen LogP contribution in [0.2, 0.25) is 0 Å². The van der Waals surface area contributed by atoms with Crippen molar-refractivity contribution in [3.63, 3.8) is 0 Å². The van der Waals surface area contributed by atoms with Crippen LogP contribution in [0.3, 0.4) is 0 Å². The molecule has 154 valence electrons. The molecule has 29 heavy (non-hydrogen) atoms. The first-order chi connectivity index (χ1) is 13.8. The van der Waals surface area contributed by atoms with Crippen molar-refractivity contribution in [2.24, 2.45) is 5.92 Å². The van der Waals surface area contributed by atoms with Gasteiger partial charge in [-0.2, -0.15) is 0 Å². The standard InChI is InChI=1S/C19H21BrN4O3S2/c1-12(2)17(24-29(25,26)16-10-8-15(27-3)9-11-16)18-22-23-19(28-18)21-14-6-4-13(20)5-7-14/h4-12,17,24H,1-3H3,(H,21,23). The van der Waals surface area contributed by atoms with Crippen LogP contribution >= 0.6 is 27.3 Å². The topological polar surface area (TPSA) is 93.2 Å². The molecule has 1 unspecified atom stereocenters. The lowest BCUT2D eigenvalue weighted by Gasteiger charge is -2.19. The molecule has 0 saturated carbocycles. The third-order valence-electron chi connectivity index (χ3n) is 4.12. The number of hydrogen-bond donors (Lipinski definition) is 2. The van der Waals surface area contributed by atoms with Crippen LogP contribution in [0.25, 0.3) is 0 Å². The van der Waals surface area contributed by atoms with Crippen molar-refractivity contribution < 1.29 is 13.2 Å². The van der Waals surface area contributed by atoms with Gasteiger partial charge >= 0.3 is 0 Å². The third kappa shape index (κ3) is 5.53. The number of benzene rings is 2. The van der Waals surface area contributed by atoms with Crippen molar-refractivity contribution in [2.45, 2.75) is 24.8 Å². The Balaban J connectivity index is 1.79.